The number of benzene rings is 2. The number of hydrogen-bond acceptors (Lipinski definition) is 2. The molecule has 22 heavy (non-hydrogen) atoms. The third-order valence-electron chi connectivity index (χ3n) is 4.97. The van der Waals surface area contributed by atoms with Crippen LogP contribution in [0.3, 0.4) is 0 Å². The van der Waals surface area contributed by atoms with Gasteiger partial charge < -0.3 is 9.80 Å². The van der Waals surface area contributed by atoms with E-state index in [0.717, 1.165) is 6.42 Å². The first-order valence-electron chi connectivity index (χ1n) is 8.04. The van der Waals surface area contributed by atoms with Crippen molar-refractivity contribution in [2.75, 3.05) is 9.80 Å². The molecule has 0 N–H and O–H groups in total. The molecule has 0 bridgehead atoms. The van der Waals surface area contributed by atoms with Gasteiger partial charge in [-0.05, 0) is 48.8 Å². The molecule has 0 saturated carbocycles. The molecule has 1 aliphatic carbocycles. The fourth-order valence-electron chi connectivity index (χ4n) is 4.06. The predicted octanol–water partition coefficient (Wildman–Crippen LogP) is 4.98. The minimum atomic E-state index is 0.396. The number of allylic oxidation sites excluding steroid dienone is 2. The summed E-state index contributed by atoms with van der Waals surface area (Å²) in [7, 11) is 0. The number of anilines is 3. The summed E-state index contributed by atoms with van der Waals surface area (Å²) in [4.78, 5) is 5.04. The highest BCUT2D eigenvalue weighted by Crippen LogP contribution is 2.52. The quantitative estimate of drug-likeness (QED) is 0.729. The second-order valence-corrected chi connectivity index (χ2v) is 6.18. The van der Waals surface area contributed by atoms with Crippen LogP contribution in [0, 0.1) is 0 Å². The lowest BCUT2D eigenvalue weighted by Gasteiger charge is -2.28. The van der Waals surface area contributed by atoms with Crippen LogP contribution in [0.25, 0.3) is 0 Å². The molecule has 2 nitrogen and oxygen atoms in total. The van der Waals surface area contributed by atoms with Gasteiger partial charge in [-0.25, -0.2) is 0 Å². The fraction of sp³-hybridized carbons (Fsp3) is 0.200. The molecule has 2 aliphatic heterocycles. The number of fused-ring (bicyclic) bond motifs is 4. The Morgan fingerprint density at radius 3 is 2.36 bits per heavy atom. The number of rotatable bonds is 1. The molecule has 5 rings (SSSR count). The van der Waals surface area contributed by atoms with Crippen molar-refractivity contribution in [3.05, 3.63) is 78.0 Å². The average Bonchev–Trinajstić information content (AvgIpc) is 3.10. The fourth-order valence-corrected chi connectivity index (χ4v) is 4.06. The Kier molecular flexibility index (Phi) is 2.48. The Morgan fingerprint density at radius 1 is 0.818 bits per heavy atom. The summed E-state index contributed by atoms with van der Waals surface area (Å²) in [5, 5.41) is 0. The molecule has 0 amide bonds. The van der Waals surface area contributed by atoms with E-state index in [-0.39, 0.29) is 0 Å². The Labute approximate surface area is 131 Å². The summed E-state index contributed by atoms with van der Waals surface area (Å²) in [6.45, 7) is 0. The van der Waals surface area contributed by atoms with Gasteiger partial charge >= 0.3 is 0 Å². The molecule has 0 spiro atoms. The first kappa shape index (κ1) is 12.1. The molecule has 3 aliphatic rings. The highest BCUT2D eigenvalue weighted by Gasteiger charge is 2.43. The highest BCUT2D eigenvalue weighted by atomic mass is 15.4. The molecule has 1 unspecified atom stereocenters. The van der Waals surface area contributed by atoms with E-state index in [4.69, 9.17) is 0 Å². The van der Waals surface area contributed by atoms with Gasteiger partial charge in [0.2, 0.25) is 0 Å². The van der Waals surface area contributed by atoms with Crippen LogP contribution in [0.15, 0.2) is 78.0 Å². The molecule has 2 aromatic carbocycles. The zero-order valence-electron chi connectivity index (χ0n) is 12.4. The van der Waals surface area contributed by atoms with Crippen molar-refractivity contribution in [1.29, 1.82) is 0 Å². The maximum absolute atomic E-state index is 2.54. The third kappa shape index (κ3) is 1.55. The van der Waals surface area contributed by atoms with Crippen LogP contribution in [0.1, 0.15) is 19.3 Å². The first-order valence-corrected chi connectivity index (χ1v) is 8.04. The Hall–Kier alpha value is -2.48. The Morgan fingerprint density at radius 2 is 1.55 bits per heavy atom. The molecular formula is C20H18N2. The van der Waals surface area contributed by atoms with Gasteiger partial charge in [0.15, 0.2) is 0 Å². The van der Waals surface area contributed by atoms with Crippen molar-refractivity contribution in [2.45, 2.75) is 25.4 Å². The van der Waals surface area contributed by atoms with Gasteiger partial charge in [-0.1, -0.05) is 36.4 Å². The van der Waals surface area contributed by atoms with Gasteiger partial charge in [-0.3, -0.25) is 0 Å². The van der Waals surface area contributed by atoms with Gasteiger partial charge in [0.1, 0.15) is 6.17 Å². The molecule has 0 aromatic heterocycles. The predicted molar refractivity (Wildman–Crippen MR) is 91.3 cm³/mol. The molecule has 0 radical (unpaired) electrons. The minimum absolute atomic E-state index is 0.396. The van der Waals surface area contributed by atoms with E-state index in [1.165, 1.54) is 35.6 Å². The van der Waals surface area contributed by atoms with E-state index in [1.54, 1.807) is 5.57 Å². The van der Waals surface area contributed by atoms with Crippen molar-refractivity contribution in [2.24, 2.45) is 0 Å². The first-order chi connectivity index (χ1) is 10.9. The second kappa shape index (κ2) is 4.51. The van der Waals surface area contributed by atoms with Crippen molar-refractivity contribution in [1.82, 2.24) is 0 Å². The third-order valence-corrected chi connectivity index (χ3v) is 4.97. The van der Waals surface area contributed by atoms with Gasteiger partial charge in [0.25, 0.3) is 0 Å². The highest BCUT2D eigenvalue weighted by molar-refractivity contribution is 5.87. The smallest absolute Gasteiger partial charge is 0.115 e. The van der Waals surface area contributed by atoms with Gasteiger partial charge in [0.05, 0.1) is 11.4 Å². The van der Waals surface area contributed by atoms with E-state index in [2.05, 4.69) is 76.5 Å². The van der Waals surface area contributed by atoms with Crippen molar-refractivity contribution in [3.8, 4) is 0 Å². The Bertz CT molecular complexity index is 788. The molecule has 2 heteroatoms. The molecule has 2 aromatic rings. The molecule has 1 atom stereocenters. The van der Waals surface area contributed by atoms with Crippen molar-refractivity contribution >= 4 is 17.1 Å². The lowest BCUT2D eigenvalue weighted by Crippen LogP contribution is -2.36. The number of nitrogens with zero attached hydrogens (tertiary/aromatic N) is 2. The van der Waals surface area contributed by atoms with Crippen LogP contribution in [0.4, 0.5) is 17.1 Å². The van der Waals surface area contributed by atoms with Crippen molar-refractivity contribution < 1.29 is 0 Å². The van der Waals surface area contributed by atoms with E-state index < -0.39 is 0 Å². The lowest BCUT2D eigenvalue weighted by molar-refractivity contribution is 0.706. The average molecular weight is 286 g/mol. The SMILES string of the molecule is C1=CC2=C(CC1)CC1N2c2ccccc2N1c1ccccc1. The largest absolute Gasteiger partial charge is 0.318 e. The summed E-state index contributed by atoms with van der Waals surface area (Å²) in [5.74, 6) is 0. The topological polar surface area (TPSA) is 6.48 Å². The minimum Gasteiger partial charge on any atom is -0.318 e. The molecular weight excluding hydrogens is 268 g/mol. The van der Waals surface area contributed by atoms with Gasteiger partial charge in [-0.15, -0.1) is 0 Å². The summed E-state index contributed by atoms with van der Waals surface area (Å²) >= 11 is 0. The molecule has 108 valence electrons. The second-order valence-electron chi connectivity index (χ2n) is 6.18. The van der Waals surface area contributed by atoms with Crippen LogP contribution >= 0.6 is 0 Å². The standard InChI is InChI=1S/C20H18N2/c1-2-9-16(10-3-1)21-18-12-6-7-13-19(18)22-17-11-5-4-8-15(17)14-20(21)22/h1-3,5-7,9-13,20H,4,8,14H2. The van der Waals surface area contributed by atoms with Crippen LogP contribution in [-0.2, 0) is 0 Å². The summed E-state index contributed by atoms with van der Waals surface area (Å²) < 4.78 is 0. The Balaban J connectivity index is 1.69. The number of para-hydroxylation sites is 3. The zero-order valence-corrected chi connectivity index (χ0v) is 12.4. The molecule has 0 fully saturated rings. The van der Waals surface area contributed by atoms with Crippen LogP contribution in [0.2, 0.25) is 0 Å². The van der Waals surface area contributed by atoms with Gasteiger partial charge in [-0.2, -0.15) is 0 Å². The van der Waals surface area contributed by atoms with E-state index >= 15 is 0 Å². The normalized spacial score (nSPS) is 21.9. The summed E-state index contributed by atoms with van der Waals surface area (Å²) in [5.41, 5.74) is 6.99. The number of hydrogen-bond donors (Lipinski definition) is 0. The van der Waals surface area contributed by atoms with E-state index in [9.17, 15) is 0 Å². The van der Waals surface area contributed by atoms with Crippen LogP contribution in [-0.4, -0.2) is 6.17 Å². The lowest BCUT2D eigenvalue weighted by atomic mass is 10.0. The van der Waals surface area contributed by atoms with Gasteiger partial charge in [0, 0.05) is 17.8 Å². The van der Waals surface area contributed by atoms with Crippen LogP contribution in [0.5, 0.6) is 0 Å². The molecule has 0 saturated heterocycles. The van der Waals surface area contributed by atoms with E-state index in [0.29, 0.717) is 6.17 Å². The van der Waals surface area contributed by atoms with Crippen molar-refractivity contribution in [3.63, 3.8) is 0 Å². The monoisotopic (exact) mass is 286 g/mol. The zero-order chi connectivity index (χ0) is 14.5. The van der Waals surface area contributed by atoms with E-state index in [1.807, 2.05) is 0 Å². The van der Waals surface area contributed by atoms with Crippen LogP contribution < -0.4 is 9.80 Å². The maximum atomic E-state index is 2.54. The molecule has 2 heterocycles. The summed E-state index contributed by atoms with van der Waals surface area (Å²) in [6, 6.07) is 19.6. The summed E-state index contributed by atoms with van der Waals surface area (Å²) in [6.07, 6.45) is 8.57. The maximum Gasteiger partial charge on any atom is 0.115 e.